The number of furan rings is 1. The lowest BCUT2D eigenvalue weighted by Gasteiger charge is -2.00. The predicted molar refractivity (Wildman–Crippen MR) is 80.3 cm³/mol. The maximum atomic E-state index is 11.8. The largest absolute Gasteiger partial charge is 0.459 e. The molecule has 0 unspecified atom stereocenters. The van der Waals surface area contributed by atoms with Gasteiger partial charge < -0.3 is 9.73 Å². The van der Waals surface area contributed by atoms with Crippen molar-refractivity contribution in [1.82, 2.24) is 10.3 Å². The lowest BCUT2D eigenvalue weighted by molar-refractivity contribution is -0.120. The Balaban J connectivity index is 1.82. The van der Waals surface area contributed by atoms with Crippen LogP contribution in [0.25, 0.3) is 0 Å². The first-order valence-corrected chi connectivity index (χ1v) is 7.24. The van der Waals surface area contributed by atoms with Crippen LogP contribution in [-0.4, -0.2) is 23.3 Å². The van der Waals surface area contributed by atoms with Crippen molar-refractivity contribution >= 4 is 28.3 Å². The van der Waals surface area contributed by atoms with Gasteiger partial charge in [-0.2, -0.15) is 0 Å². The average Bonchev–Trinajstić information content (AvgIpc) is 3.14. The highest BCUT2D eigenvalue weighted by Gasteiger charge is 2.11. The molecule has 0 radical (unpaired) electrons. The van der Waals surface area contributed by atoms with Gasteiger partial charge in [-0.05, 0) is 18.6 Å². The van der Waals surface area contributed by atoms with Gasteiger partial charge in [-0.25, -0.2) is 4.98 Å². The van der Waals surface area contributed by atoms with Crippen molar-refractivity contribution in [2.24, 2.45) is 0 Å². The van der Waals surface area contributed by atoms with Crippen LogP contribution in [0.1, 0.15) is 22.7 Å². The standard InChI is InChI=1S/C14H15N3O3S/c1-2-7-15-12(18)6-5-10-9-21-14(16-10)17-13(19)11-4-3-8-20-11/h2-4,8-9H,1,5-7H2,(H,15,18)(H,16,17,19). The Morgan fingerprint density at radius 3 is 3.05 bits per heavy atom. The van der Waals surface area contributed by atoms with Gasteiger partial charge in [0.1, 0.15) is 0 Å². The van der Waals surface area contributed by atoms with Gasteiger partial charge in [0.15, 0.2) is 10.9 Å². The van der Waals surface area contributed by atoms with Gasteiger partial charge in [-0.15, -0.1) is 17.9 Å². The van der Waals surface area contributed by atoms with Crippen molar-refractivity contribution < 1.29 is 14.0 Å². The van der Waals surface area contributed by atoms with Crippen molar-refractivity contribution in [3.05, 3.63) is 47.9 Å². The van der Waals surface area contributed by atoms with E-state index in [1.165, 1.54) is 17.6 Å². The van der Waals surface area contributed by atoms with Crippen LogP contribution in [-0.2, 0) is 11.2 Å². The number of hydrogen-bond donors (Lipinski definition) is 2. The summed E-state index contributed by atoms with van der Waals surface area (Å²) in [5, 5.41) is 7.65. The lowest BCUT2D eigenvalue weighted by Crippen LogP contribution is -2.23. The highest BCUT2D eigenvalue weighted by molar-refractivity contribution is 7.13. The van der Waals surface area contributed by atoms with E-state index in [2.05, 4.69) is 22.2 Å². The summed E-state index contributed by atoms with van der Waals surface area (Å²) >= 11 is 1.31. The highest BCUT2D eigenvalue weighted by atomic mass is 32.1. The molecule has 0 saturated heterocycles. The zero-order valence-corrected chi connectivity index (χ0v) is 12.1. The van der Waals surface area contributed by atoms with Crippen LogP contribution in [0.15, 0.2) is 40.8 Å². The molecule has 0 bridgehead atoms. The average molecular weight is 305 g/mol. The second-order valence-corrected chi connectivity index (χ2v) is 5.03. The van der Waals surface area contributed by atoms with E-state index in [-0.39, 0.29) is 17.6 Å². The molecule has 0 saturated carbocycles. The molecule has 2 N–H and O–H groups in total. The first-order valence-electron chi connectivity index (χ1n) is 6.36. The monoisotopic (exact) mass is 305 g/mol. The van der Waals surface area contributed by atoms with E-state index in [9.17, 15) is 9.59 Å². The number of amides is 2. The summed E-state index contributed by atoms with van der Waals surface area (Å²) in [6.45, 7) is 3.99. The maximum Gasteiger partial charge on any atom is 0.293 e. The van der Waals surface area contributed by atoms with Gasteiger partial charge in [0.05, 0.1) is 12.0 Å². The first kappa shape index (κ1) is 15.0. The first-order chi connectivity index (χ1) is 10.2. The van der Waals surface area contributed by atoms with E-state index < -0.39 is 0 Å². The van der Waals surface area contributed by atoms with Crippen molar-refractivity contribution in [3.63, 3.8) is 0 Å². The minimum Gasteiger partial charge on any atom is -0.459 e. The molecular weight excluding hydrogens is 290 g/mol. The molecule has 0 atom stereocenters. The Morgan fingerprint density at radius 1 is 1.48 bits per heavy atom. The number of carbonyl (C=O) groups is 2. The zero-order chi connectivity index (χ0) is 15.1. The molecule has 7 heteroatoms. The van der Waals surface area contributed by atoms with E-state index >= 15 is 0 Å². The normalized spacial score (nSPS) is 10.1. The summed E-state index contributed by atoms with van der Waals surface area (Å²) in [5.41, 5.74) is 0.767. The third-order valence-electron chi connectivity index (χ3n) is 2.57. The summed E-state index contributed by atoms with van der Waals surface area (Å²) in [6, 6.07) is 3.22. The highest BCUT2D eigenvalue weighted by Crippen LogP contribution is 2.17. The topological polar surface area (TPSA) is 84.2 Å². The number of aryl methyl sites for hydroxylation is 1. The third kappa shape index (κ3) is 4.57. The second-order valence-electron chi connectivity index (χ2n) is 4.17. The summed E-state index contributed by atoms with van der Waals surface area (Å²) in [4.78, 5) is 27.5. The minimum absolute atomic E-state index is 0.0518. The van der Waals surface area contributed by atoms with Crippen LogP contribution in [0.2, 0.25) is 0 Å². The van der Waals surface area contributed by atoms with E-state index in [0.29, 0.717) is 24.5 Å². The molecule has 0 aliphatic rings. The van der Waals surface area contributed by atoms with Gasteiger partial charge >= 0.3 is 0 Å². The quantitative estimate of drug-likeness (QED) is 0.768. The SMILES string of the molecule is C=CCNC(=O)CCc1csc(NC(=O)c2ccco2)n1. The maximum absolute atomic E-state index is 11.8. The number of carbonyl (C=O) groups excluding carboxylic acids is 2. The number of nitrogens with one attached hydrogen (secondary N) is 2. The summed E-state index contributed by atoms with van der Waals surface area (Å²) in [6.07, 6.45) is 3.94. The number of aromatic nitrogens is 1. The van der Waals surface area contributed by atoms with E-state index in [0.717, 1.165) is 5.69 Å². The Labute approximate surface area is 125 Å². The number of thiazole rings is 1. The zero-order valence-electron chi connectivity index (χ0n) is 11.3. The fourth-order valence-electron chi connectivity index (χ4n) is 1.56. The molecule has 0 aliphatic carbocycles. The Hall–Kier alpha value is -2.41. The molecular formula is C14H15N3O3S. The third-order valence-corrected chi connectivity index (χ3v) is 3.38. The van der Waals surface area contributed by atoms with E-state index in [4.69, 9.17) is 4.42 Å². The van der Waals surface area contributed by atoms with Crippen molar-refractivity contribution in [2.75, 3.05) is 11.9 Å². The summed E-state index contributed by atoms with van der Waals surface area (Å²) < 4.78 is 4.99. The van der Waals surface area contributed by atoms with Crippen molar-refractivity contribution in [2.45, 2.75) is 12.8 Å². The number of anilines is 1. The summed E-state index contributed by atoms with van der Waals surface area (Å²) in [5.74, 6) is -0.163. The number of rotatable bonds is 7. The van der Waals surface area contributed by atoms with Crippen molar-refractivity contribution in [1.29, 1.82) is 0 Å². The van der Waals surface area contributed by atoms with Gasteiger partial charge in [-0.1, -0.05) is 6.08 Å². The van der Waals surface area contributed by atoms with Crippen LogP contribution in [0.4, 0.5) is 5.13 Å². The molecule has 6 nitrogen and oxygen atoms in total. The van der Waals surface area contributed by atoms with Crippen LogP contribution in [0.3, 0.4) is 0 Å². The van der Waals surface area contributed by atoms with Crippen LogP contribution in [0.5, 0.6) is 0 Å². The number of nitrogens with zero attached hydrogens (tertiary/aromatic N) is 1. The van der Waals surface area contributed by atoms with Crippen LogP contribution < -0.4 is 10.6 Å². The van der Waals surface area contributed by atoms with Crippen LogP contribution in [0, 0.1) is 0 Å². The molecule has 2 aromatic rings. The molecule has 0 aromatic carbocycles. The molecule has 2 amide bonds. The fourth-order valence-corrected chi connectivity index (χ4v) is 2.30. The second kappa shape index (κ2) is 7.39. The van der Waals surface area contributed by atoms with E-state index in [1.54, 1.807) is 18.2 Å². The summed E-state index contributed by atoms with van der Waals surface area (Å²) in [7, 11) is 0. The molecule has 0 spiro atoms. The number of hydrogen-bond acceptors (Lipinski definition) is 5. The molecule has 2 heterocycles. The molecule has 110 valence electrons. The van der Waals surface area contributed by atoms with E-state index in [1.807, 2.05) is 5.38 Å². The molecule has 0 fully saturated rings. The molecule has 0 aliphatic heterocycles. The van der Waals surface area contributed by atoms with Crippen LogP contribution >= 0.6 is 11.3 Å². The van der Waals surface area contributed by atoms with Crippen molar-refractivity contribution in [3.8, 4) is 0 Å². The molecule has 21 heavy (non-hydrogen) atoms. The predicted octanol–water partition coefficient (Wildman–Crippen LogP) is 2.22. The Bertz CT molecular complexity index is 619. The van der Waals surface area contributed by atoms with Gasteiger partial charge in [0.2, 0.25) is 5.91 Å². The lowest BCUT2D eigenvalue weighted by atomic mass is 10.2. The smallest absolute Gasteiger partial charge is 0.293 e. The Morgan fingerprint density at radius 2 is 2.33 bits per heavy atom. The molecule has 2 rings (SSSR count). The minimum atomic E-state index is -0.343. The van der Waals surface area contributed by atoms with Gasteiger partial charge in [0.25, 0.3) is 5.91 Å². The van der Waals surface area contributed by atoms with Gasteiger partial charge in [0, 0.05) is 18.3 Å². The van der Waals surface area contributed by atoms with Gasteiger partial charge in [-0.3, -0.25) is 14.9 Å². The fraction of sp³-hybridized carbons (Fsp3) is 0.214. The Kier molecular flexibility index (Phi) is 5.28. The molecule has 2 aromatic heterocycles.